The quantitative estimate of drug-likeness (QED) is 0.392. The lowest BCUT2D eigenvalue weighted by Crippen LogP contribution is -2.10. The van der Waals surface area contributed by atoms with Gasteiger partial charge in [0.1, 0.15) is 11.8 Å². The Bertz CT molecular complexity index is 1040. The molecule has 164 valence electrons. The number of amides is 1. The number of hydrogen-bond donors (Lipinski definition) is 2. The Balaban J connectivity index is 0.000000501. The van der Waals surface area contributed by atoms with E-state index in [1.807, 2.05) is 49.7 Å². The van der Waals surface area contributed by atoms with Gasteiger partial charge in [0.25, 0.3) is 0 Å². The lowest BCUT2D eigenvalue weighted by atomic mass is 10.1. The maximum atomic E-state index is 12.5. The van der Waals surface area contributed by atoms with Crippen molar-refractivity contribution in [2.45, 2.75) is 33.4 Å². The Morgan fingerprint density at radius 1 is 1.19 bits per heavy atom. The van der Waals surface area contributed by atoms with E-state index in [1.165, 1.54) is 6.07 Å². The van der Waals surface area contributed by atoms with Crippen molar-refractivity contribution >= 4 is 23.0 Å². The van der Waals surface area contributed by atoms with E-state index in [1.54, 1.807) is 12.1 Å². The maximum absolute atomic E-state index is 12.5. The van der Waals surface area contributed by atoms with Crippen molar-refractivity contribution in [1.82, 2.24) is 9.88 Å². The lowest BCUT2D eigenvalue weighted by molar-refractivity contribution is -0.109. The molecule has 8 heteroatoms. The molecule has 0 radical (unpaired) electrons. The number of hydrogen-bond acceptors (Lipinski definition) is 4. The Kier molecular flexibility index (Phi) is 8.82. The standard InChI is InChI=1S/C19H17F2N3O.C4H9NO/c1-3-24-17-10-14(25-19(20)21)8-9-15(17)16(11-22)18(24)12-4-6-13(23-2)7-5-12;1-2-3-5-4-6/h4-10,19,23H,3H2,1-2H3;4H,2-3H2,1H3,(H,5,6). The highest BCUT2D eigenvalue weighted by Crippen LogP contribution is 2.35. The third-order valence-electron chi connectivity index (χ3n) is 4.61. The van der Waals surface area contributed by atoms with Crippen LogP contribution in [0.3, 0.4) is 0 Å². The summed E-state index contributed by atoms with van der Waals surface area (Å²) in [6, 6.07) is 14.7. The van der Waals surface area contributed by atoms with Gasteiger partial charge >= 0.3 is 6.61 Å². The largest absolute Gasteiger partial charge is 0.435 e. The normalized spacial score (nSPS) is 10.2. The Morgan fingerprint density at radius 2 is 1.90 bits per heavy atom. The van der Waals surface area contributed by atoms with E-state index in [0.29, 0.717) is 24.0 Å². The monoisotopic (exact) mass is 428 g/mol. The molecule has 0 aliphatic heterocycles. The minimum Gasteiger partial charge on any atom is -0.435 e. The molecule has 0 unspecified atom stereocenters. The van der Waals surface area contributed by atoms with Crippen molar-refractivity contribution in [2.75, 3.05) is 18.9 Å². The summed E-state index contributed by atoms with van der Waals surface area (Å²) in [4.78, 5) is 9.45. The van der Waals surface area contributed by atoms with Crippen LogP contribution in [0, 0.1) is 11.3 Å². The minimum absolute atomic E-state index is 0.0799. The number of nitrogens with one attached hydrogen (secondary N) is 2. The van der Waals surface area contributed by atoms with E-state index in [4.69, 9.17) is 0 Å². The van der Waals surface area contributed by atoms with E-state index in [9.17, 15) is 18.8 Å². The molecular formula is C23H26F2N4O2. The first kappa shape index (κ1) is 23.7. The van der Waals surface area contributed by atoms with Crippen LogP contribution in [0.1, 0.15) is 25.8 Å². The van der Waals surface area contributed by atoms with Gasteiger partial charge in [0.05, 0.1) is 16.8 Å². The van der Waals surface area contributed by atoms with Crippen LogP contribution in [0.5, 0.6) is 5.75 Å². The van der Waals surface area contributed by atoms with Crippen molar-refractivity contribution < 1.29 is 18.3 Å². The van der Waals surface area contributed by atoms with Crippen LogP contribution in [-0.2, 0) is 11.3 Å². The molecule has 31 heavy (non-hydrogen) atoms. The summed E-state index contributed by atoms with van der Waals surface area (Å²) in [6.07, 6.45) is 1.72. The van der Waals surface area contributed by atoms with Crippen molar-refractivity contribution in [1.29, 1.82) is 5.26 Å². The molecule has 1 heterocycles. The number of ether oxygens (including phenoxy) is 1. The lowest BCUT2D eigenvalue weighted by Gasteiger charge is -2.10. The first-order valence-corrected chi connectivity index (χ1v) is 9.96. The first-order chi connectivity index (χ1) is 15.0. The van der Waals surface area contributed by atoms with Gasteiger partial charge < -0.3 is 19.9 Å². The molecular weight excluding hydrogens is 402 g/mol. The fourth-order valence-electron chi connectivity index (χ4n) is 3.25. The zero-order valence-corrected chi connectivity index (χ0v) is 17.8. The number of rotatable bonds is 8. The van der Waals surface area contributed by atoms with Gasteiger partial charge in [-0.25, -0.2) is 0 Å². The third-order valence-corrected chi connectivity index (χ3v) is 4.61. The average Bonchev–Trinajstić information content (AvgIpc) is 3.10. The van der Waals surface area contributed by atoms with Gasteiger partial charge in [-0.05, 0) is 43.2 Å². The SMILES string of the molecule is CCCNC=O.CCn1c(-c2ccc(NC)cc2)c(C#N)c2ccc(OC(F)F)cc21. The Hall–Kier alpha value is -3.60. The summed E-state index contributed by atoms with van der Waals surface area (Å²) in [5.74, 6) is 0.0799. The summed E-state index contributed by atoms with van der Waals surface area (Å²) in [5.41, 5.74) is 3.86. The van der Waals surface area contributed by atoms with Crippen molar-refractivity contribution in [3.8, 4) is 23.1 Å². The van der Waals surface area contributed by atoms with Crippen molar-refractivity contribution in [3.63, 3.8) is 0 Å². The van der Waals surface area contributed by atoms with Crippen LogP contribution < -0.4 is 15.4 Å². The molecule has 0 atom stereocenters. The highest BCUT2D eigenvalue weighted by Gasteiger charge is 2.19. The molecule has 2 aromatic carbocycles. The zero-order valence-electron chi connectivity index (χ0n) is 17.8. The van der Waals surface area contributed by atoms with E-state index < -0.39 is 6.61 Å². The first-order valence-electron chi connectivity index (χ1n) is 9.96. The molecule has 3 aromatic rings. The summed E-state index contributed by atoms with van der Waals surface area (Å²) in [7, 11) is 1.84. The summed E-state index contributed by atoms with van der Waals surface area (Å²) < 4.78 is 31.5. The van der Waals surface area contributed by atoms with Crippen LogP contribution >= 0.6 is 0 Å². The van der Waals surface area contributed by atoms with Gasteiger partial charge in [0.15, 0.2) is 0 Å². The van der Waals surface area contributed by atoms with Crippen LogP contribution in [0.4, 0.5) is 14.5 Å². The molecule has 1 aromatic heterocycles. The second-order valence-electron chi connectivity index (χ2n) is 6.54. The van der Waals surface area contributed by atoms with Crippen molar-refractivity contribution in [2.24, 2.45) is 0 Å². The number of carbonyl (C=O) groups excluding carboxylic acids is 1. The van der Waals surface area contributed by atoms with Gasteiger partial charge in [0, 0.05) is 37.3 Å². The zero-order chi connectivity index (χ0) is 22.8. The number of fused-ring (bicyclic) bond motifs is 1. The number of alkyl halides is 2. The number of benzene rings is 2. The van der Waals surface area contributed by atoms with Gasteiger partial charge in [-0.3, -0.25) is 4.79 Å². The Labute approximate surface area is 180 Å². The molecule has 1 amide bonds. The highest BCUT2D eigenvalue weighted by atomic mass is 19.3. The molecule has 3 rings (SSSR count). The predicted molar refractivity (Wildman–Crippen MR) is 118 cm³/mol. The van der Waals surface area contributed by atoms with Gasteiger partial charge in [0.2, 0.25) is 6.41 Å². The molecule has 2 N–H and O–H groups in total. The fourth-order valence-corrected chi connectivity index (χ4v) is 3.25. The van der Waals surface area contributed by atoms with Crippen LogP contribution in [0.15, 0.2) is 42.5 Å². The number of aryl methyl sites for hydroxylation is 1. The predicted octanol–water partition coefficient (Wildman–Crippen LogP) is 4.99. The number of nitrogens with zero attached hydrogens (tertiary/aromatic N) is 2. The number of aromatic nitrogens is 1. The number of carbonyl (C=O) groups is 1. The second kappa shape index (κ2) is 11.6. The van der Waals surface area contributed by atoms with E-state index in [2.05, 4.69) is 21.4 Å². The number of nitriles is 1. The molecule has 6 nitrogen and oxygen atoms in total. The fraction of sp³-hybridized carbons (Fsp3) is 0.304. The minimum atomic E-state index is -2.88. The highest BCUT2D eigenvalue weighted by molar-refractivity contribution is 5.95. The van der Waals surface area contributed by atoms with E-state index in [-0.39, 0.29) is 5.75 Å². The van der Waals surface area contributed by atoms with Gasteiger partial charge in [-0.1, -0.05) is 19.1 Å². The second-order valence-corrected chi connectivity index (χ2v) is 6.54. The molecule has 0 aliphatic rings. The van der Waals surface area contributed by atoms with E-state index >= 15 is 0 Å². The number of anilines is 1. The third kappa shape index (κ3) is 5.72. The molecule has 0 aliphatic carbocycles. The van der Waals surface area contributed by atoms with Crippen molar-refractivity contribution in [3.05, 3.63) is 48.0 Å². The molecule has 0 bridgehead atoms. The van der Waals surface area contributed by atoms with Gasteiger partial charge in [-0.15, -0.1) is 0 Å². The molecule has 0 spiro atoms. The summed E-state index contributed by atoms with van der Waals surface area (Å²) in [5, 5.41) is 16.0. The van der Waals surface area contributed by atoms with Crippen LogP contribution in [0.25, 0.3) is 22.2 Å². The topological polar surface area (TPSA) is 79.1 Å². The molecule has 0 fully saturated rings. The van der Waals surface area contributed by atoms with Crippen LogP contribution in [-0.4, -0.2) is 31.2 Å². The Morgan fingerprint density at radius 3 is 2.39 bits per heavy atom. The summed E-state index contributed by atoms with van der Waals surface area (Å²) in [6.45, 7) is 2.47. The molecule has 0 saturated heterocycles. The summed E-state index contributed by atoms with van der Waals surface area (Å²) >= 11 is 0. The van der Waals surface area contributed by atoms with Crippen LogP contribution in [0.2, 0.25) is 0 Å². The average molecular weight is 428 g/mol. The smallest absolute Gasteiger partial charge is 0.387 e. The number of halogens is 2. The maximum Gasteiger partial charge on any atom is 0.387 e. The molecule has 0 saturated carbocycles. The van der Waals surface area contributed by atoms with Gasteiger partial charge in [-0.2, -0.15) is 14.0 Å². The van der Waals surface area contributed by atoms with E-state index in [0.717, 1.165) is 35.3 Å².